The van der Waals surface area contributed by atoms with Crippen molar-refractivity contribution in [2.75, 3.05) is 39.4 Å². The molecule has 3 aliphatic heterocycles. The third-order valence-corrected chi connectivity index (χ3v) is 8.11. The summed E-state index contributed by atoms with van der Waals surface area (Å²) < 4.78 is 5.37. The van der Waals surface area contributed by atoms with Crippen molar-refractivity contribution in [3.05, 3.63) is 35.9 Å². The van der Waals surface area contributed by atoms with Crippen LogP contribution in [0.4, 0.5) is 0 Å². The van der Waals surface area contributed by atoms with E-state index in [1.54, 1.807) is 0 Å². The van der Waals surface area contributed by atoms with Gasteiger partial charge in [0.25, 0.3) is 5.91 Å². The number of likely N-dealkylation sites (tertiary alicyclic amines) is 2. The zero-order valence-electron chi connectivity index (χ0n) is 19.4. The molecule has 1 aromatic carbocycles. The molecule has 0 N–H and O–H groups in total. The first-order valence-electron chi connectivity index (χ1n) is 12.7. The number of nitrogens with zero attached hydrogens (tertiary/aromatic N) is 3. The Morgan fingerprint density at radius 1 is 0.788 bits per heavy atom. The SMILES string of the molecule is O=C(C1CCN(C(=O)C2CC3CCCCC3N2C(=O)c2ccccc2)CC1)N1CCOCC1. The molecule has 4 fully saturated rings. The lowest BCUT2D eigenvalue weighted by molar-refractivity contribution is -0.145. The van der Waals surface area contributed by atoms with Crippen molar-refractivity contribution in [2.24, 2.45) is 11.8 Å². The summed E-state index contributed by atoms with van der Waals surface area (Å²) in [6, 6.07) is 9.17. The summed E-state index contributed by atoms with van der Waals surface area (Å²) in [5, 5.41) is 0. The van der Waals surface area contributed by atoms with Crippen molar-refractivity contribution in [1.29, 1.82) is 0 Å². The Kier molecular flexibility index (Phi) is 6.67. The standard InChI is InChI=1S/C26H35N3O4/c30-24(28-14-16-33-17-15-28)20-10-12-27(13-11-20)26(32)23-18-21-8-4-5-9-22(21)29(23)25(31)19-6-2-1-3-7-19/h1-3,6-7,20-23H,4-5,8-18H2. The smallest absolute Gasteiger partial charge is 0.254 e. The van der Waals surface area contributed by atoms with Gasteiger partial charge in [-0.05, 0) is 50.2 Å². The molecule has 0 bridgehead atoms. The molecule has 33 heavy (non-hydrogen) atoms. The van der Waals surface area contributed by atoms with Crippen molar-refractivity contribution < 1.29 is 19.1 Å². The Labute approximate surface area is 196 Å². The van der Waals surface area contributed by atoms with Gasteiger partial charge < -0.3 is 19.4 Å². The molecule has 4 aliphatic rings. The second-order valence-corrected chi connectivity index (χ2v) is 9.98. The Balaban J connectivity index is 1.27. The minimum Gasteiger partial charge on any atom is -0.378 e. The van der Waals surface area contributed by atoms with Crippen LogP contribution in [-0.2, 0) is 14.3 Å². The fraction of sp³-hybridized carbons (Fsp3) is 0.654. The molecule has 3 saturated heterocycles. The molecule has 3 heterocycles. The van der Waals surface area contributed by atoms with E-state index in [2.05, 4.69) is 0 Å². The van der Waals surface area contributed by atoms with Gasteiger partial charge in [0.2, 0.25) is 11.8 Å². The predicted molar refractivity (Wildman–Crippen MR) is 123 cm³/mol. The van der Waals surface area contributed by atoms with Crippen molar-refractivity contribution in [3.8, 4) is 0 Å². The van der Waals surface area contributed by atoms with Gasteiger partial charge in [-0.2, -0.15) is 0 Å². The van der Waals surface area contributed by atoms with E-state index in [-0.39, 0.29) is 35.7 Å². The number of ether oxygens (including phenoxy) is 1. The molecule has 3 atom stereocenters. The first-order chi connectivity index (χ1) is 16.1. The van der Waals surface area contributed by atoms with Crippen LogP contribution in [0, 0.1) is 11.8 Å². The maximum atomic E-state index is 13.7. The highest BCUT2D eigenvalue weighted by Gasteiger charge is 2.49. The predicted octanol–water partition coefficient (Wildman–Crippen LogP) is 2.56. The van der Waals surface area contributed by atoms with E-state index in [1.165, 1.54) is 6.42 Å². The average molecular weight is 454 g/mol. The fourth-order valence-electron chi connectivity index (χ4n) is 6.30. The number of piperidine rings is 1. The van der Waals surface area contributed by atoms with Gasteiger partial charge in [0.15, 0.2) is 0 Å². The van der Waals surface area contributed by atoms with E-state index in [4.69, 9.17) is 4.74 Å². The van der Waals surface area contributed by atoms with E-state index in [0.717, 1.165) is 25.7 Å². The summed E-state index contributed by atoms with van der Waals surface area (Å²) >= 11 is 0. The van der Waals surface area contributed by atoms with Crippen LogP contribution >= 0.6 is 0 Å². The van der Waals surface area contributed by atoms with E-state index in [1.807, 2.05) is 45.0 Å². The average Bonchev–Trinajstić information content (AvgIpc) is 3.28. The molecule has 178 valence electrons. The van der Waals surface area contributed by atoms with Gasteiger partial charge >= 0.3 is 0 Å². The van der Waals surface area contributed by atoms with Crippen LogP contribution in [0.3, 0.4) is 0 Å². The molecule has 1 saturated carbocycles. The van der Waals surface area contributed by atoms with Crippen LogP contribution in [0.1, 0.15) is 55.3 Å². The lowest BCUT2D eigenvalue weighted by Crippen LogP contribution is -2.53. The summed E-state index contributed by atoms with van der Waals surface area (Å²) in [4.78, 5) is 45.8. The largest absolute Gasteiger partial charge is 0.378 e. The fourth-order valence-corrected chi connectivity index (χ4v) is 6.30. The lowest BCUT2D eigenvalue weighted by Gasteiger charge is -2.38. The molecule has 7 nitrogen and oxygen atoms in total. The number of benzene rings is 1. The van der Waals surface area contributed by atoms with Gasteiger partial charge in [-0.1, -0.05) is 31.0 Å². The Bertz CT molecular complexity index is 862. The van der Waals surface area contributed by atoms with Crippen molar-refractivity contribution in [2.45, 2.75) is 57.0 Å². The lowest BCUT2D eigenvalue weighted by atomic mass is 9.84. The van der Waals surface area contributed by atoms with E-state index < -0.39 is 0 Å². The zero-order valence-corrected chi connectivity index (χ0v) is 19.4. The molecule has 1 aliphatic carbocycles. The van der Waals surface area contributed by atoms with Crippen LogP contribution < -0.4 is 0 Å². The molecule has 1 aromatic rings. The Morgan fingerprint density at radius 3 is 2.18 bits per heavy atom. The van der Waals surface area contributed by atoms with E-state index >= 15 is 0 Å². The van der Waals surface area contributed by atoms with Gasteiger partial charge in [0.1, 0.15) is 6.04 Å². The van der Waals surface area contributed by atoms with Gasteiger partial charge in [-0.25, -0.2) is 0 Å². The molecule has 5 rings (SSSR count). The number of hydrogen-bond acceptors (Lipinski definition) is 4. The maximum absolute atomic E-state index is 13.7. The molecule has 0 spiro atoms. The Hall–Kier alpha value is -2.41. The van der Waals surface area contributed by atoms with Crippen molar-refractivity contribution in [1.82, 2.24) is 14.7 Å². The minimum absolute atomic E-state index is 0.0132. The third-order valence-electron chi connectivity index (χ3n) is 8.11. The van der Waals surface area contributed by atoms with Crippen LogP contribution in [0.25, 0.3) is 0 Å². The molecule has 7 heteroatoms. The topological polar surface area (TPSA) is 70.2 Å². The normalized spacial score (nSPS) is 28.5. The summed E-state index contributed by atoms with van der Waals surface area (Å²) in [6.07, 6.45) is 6.57. The van der Waals surface area contributed by atoms with Gasteiger partial charge in [0.05, 0.1) is 13.2 Å². The van der Waals surface area contributed by atoms with Gasteiger partial charge in [-0.3, -0.25) is 14.4 Å². The van der Waals surface area contributed by atoms with Gasteiger partial charge in [-0.15, -0.1) is 0 Å². The molecular formula is C26H35N3O4. The van der Waals surface area contributed by atoms with E-state index in [0.29, 0.717) is 63.7 Å². The summed E-state index contributed by atoms with van der Waals surface area (Å²) in [6.45, 7) is 3.74. The highest BCUT2D eigenvalue weighted by atomic mass is 16.5. The van der Waals surface area contributed by atoms with Crippen LogP contribution in [-0.4, -0.2) is 83.9 Å². The molecule has 0 radical (unpaired) electrons. The number of rotatable bonds is 3. The maximum Gasteiger partial charge on any atom is 0.254 e. The third kappa shape index (κ3) is 4.52. The summed E-state index contributed by atoms with van der Waals surface area (Å²) in [7, 11) is 0. The van der Waals surface area contributed by atoms with Crippen molar-refractivity contribution in [3.63, 3.8) is 0 Å². The number of hydrogen-bond donors (Lipinski definition) is 0. The Morgan fingerprint density at radius 2 is 1.45 bits per heavy atom. The van der Waals surface area contributed by atoms with Crippen LogP contribution in [0.5, 0.6) is 0 Å². The van der Waals surface area contributed by atoms with Crippen molar-refractivity contribution >= 4 is 17.7 Å². The molecule has 3 amide bonds. The molecule has 3 unspecified atom stereocenters. The number of amides is 3. The zero-order chi connectivity index (χ0) is 22.8. The van der Waals surface area contributed by atoms with Crippen LogP contribution in [0.2, 0.25) is 0 Å². The molecular weight excluding hydrogens is 418 g/mol. The number of morpholine rings is 1. The first kappa shape index (κ1) is 22.4. The monoisotopic (exact) mass is 453 g/mol. The second-order valence-electron chi connectivity index (χ2n) is 9.98. The highest BCUT2D eigenvalue weighted by Crippen LogP contribution is 2.41. The number of carbonyl (C=O) groups is 3. The number of fused-ring (bicyclic) bond motifs is 1. The van der Waals surface area contributed by atoms with E-state index in [9.17, 15) is 14.4 Å². The van der Waals surface area contributed by atoms with Gasteiger partial charge in [0, 0.05) is 43.7 Å². The first-order valence-corrected chi connectivity index (χ1v) is 12.7. The highest BCUT2D eigenvalue weighted by molar-refractivity contribution is 5.98. The quantitative estimate of drug-likeness (QED) is 0.705. The second kappa shape index (κ2) is 9.84. The minimum atomic E-state index is -0.377. The number of carbonyl (C=O) groups excluding carboxylic acids is 3. The molecule has 0 aromatic heterocycles. The van der Waals surface area contributed by atoms with Crippen LogP contribution in [0.15, 0.2) is 30.3 Å². The summed E-state index contributed by atoms with van der Waals surface area (Å²) in [5.41, 5.74) is 0.663. The summed E-state index contributed by atoms with van der Waals surface area (Å²) in [5.74, 6) is 0.672.